The lowest BCUT2D eigenvalue weighted by molar-refractivity contribution is -0.120. The molecule has 1 aliphatic rings. The molecule has 1 fully saturated rings. The van der Waals surface area contributed by atoms with Gasteiger partial charge in [0.25, 0.3) is 10.0 Å². The molecule has 1 aliphatic heterocycles. The van der Waals surface area contributed by atoms with Gasteiger partial charge in [-0.25, -0.2) is 16.8 Å². The Morgan fingerprint density at radius 3 is 2.29 bits per heavy atom. The molecule has 38 heavy (non-hydrogen) atoms. The molecule has 1 heterocycles. The van der Waals surface area contributed by atoms with Crippen LogP contribution in [-0.2, 0) is 24.8 Å². The Morgan fingerprint density at radius 1 is 0.974 bits per heavy atom. The zero-order valence-electron chi connectivity index (χ0n) is 20.8. The Labute approximate surface area is 227 Å². The minimum absolute atomic E-state index is 0.0179. The second-order valence-corrected chi connectivity index (χ2v) is 12.9. The molecule has 0 aromatic heterocycles. The first-order valence-electron chi connectivity index (χ1n) is 11.8. The number of carbonyl (C=O) groups is 1. The van der Waals surface area contributed by atoms with Crippen LogP contribution in [0.3, 0.4) is 0 Å². The summed E-state index contributed by atoms with van der Waals surface area (Å²) in [6.45, 7) is 2.09. The summed E-state index contributed by atoms with van der Waals surface area (Å²) in [4.78, 5) is 13.1. The van der Waals surface area contributed by atoms with Gasteiger partial charge in [0.1, 0.15) is 5.75 Å². The van der Waals surface area contributed by atoms with Crippen LogP contribution in [0.15, 0.2) is 76.5 Å². The summed E-state index contributed by atoms with van der Waals surface area (Å²) in [5.74, 6) is -0.329. The minimum atomic E-state index is -3.88. The van der Waals surface area contributed by atoms with E-state index in [2.05, 4.69) is 10.0 Å². The molecule has 9 nitrogen and oxygen atoms in total. The summed E-state index contributed by atoms with van der Waals surface area (Å²) in [7, 11) is -6.14. The van der Waals surface area contributed by atoms with Crippen LogP contribution in [0.2, 0.25) is 5.02 Å². The third kappa shape index (κ3) is 6.12. The number of piperidine rings is 1. The van der Waals surface area contributed by atoms with E-state index in [0.717, 1.165) is 0 Å². The molecular weight excluding hydrogens is 550 g/mol. The highest BCUT2D eigenvalue weighted by Crippen LogP contribution is 2.28. The largest absolute Gasteiger partial charge is 0.497 e. The fourth-order valence-corrected chi connectivity index (χ4v) is 6.98. The number of sulfonamides is 2. The van der Waals surface area contributed by atoms with E-state index in [9.17, 15) is 21.6 Å². The van der Waals surface area contributed by atoms with Gasteiger partial charge in [-0.15, -0.1) is 0 Å². The van der Waals surface area contributed by atoms with Crippen molar-refractivity contribution in [2.45, 2.75) is 29.6 Å². The van der Waals surface area contributed by atoms with E-state index in [1.807, 2.05) is 0 Å². The van der Waals surface area contributed by atoms with Crippen molar-refractivity contribution >= 4 is 48.9 Å². The molecule has 3 aromatic carbocycles. The summed E-state index contributed by atoms with van der Waals surface area (Å²) < 4.78 is 60.8. The Hall–Kier alpha value is -3.12. The van der Waals surface area contributed by atoms with E-state index in [1.165, 1.54) is 47.8 Å². The van der Waals surface area contributed by atoms with Crippen molar-refractivity contribution in [2.75, 3.05) is 30.2 Å². The van der Waals surface area contributed by atoms with Gasteiger partial charge in [-0.3, -0.25) is 9.52 Å². The molecule has 0 saturated carbocycles. The molecule has 1 saturated heterocycles. The summed E-state index contributed by atoms with van der Waals surface area (Å²) >= 11 is 6.08. The second-order valence-electron chi connectivity index (χ2n) is 8.91. The SMILES string of the molecule is COc1ccc(S(=O)(=O)N2CCCC(C(=O)Nc3ccc(S(=O)(=O)Nc4cccc(Cl)c4C)cc3)C2)cc1. The third-order valence-corrected chi connectivity index (χ3v) is 10.1. The zero-order valence-corrected chi connectivity index (χ0v) is 23.2. The van der Waals surface area contributed by atoms with E-state index < -0.39 is 26.0 Å². The number of carbonyl (C=O) groups excluding carboxylic acids is 1. The fraction of sp³-hybridized carbons (Fsp3) is 0.269. The number of benzene rings is 3. The summed E-state index contributed by atoms with van der Waals surface area (Å²) in [6.07, 6.45) is 1.08. The number of anilines is 2. The van der Waals surface area contributed by atoms with Crippen LogP contribution in [-0.4, -0.2) is 47.2 Å². The molecule has 2 N–H and O–H groups in total. The highest BCUT2D eigenvalue weighted by molar-refractivity contribution is 7.92. The van der Waals surface area contributed by atoms with Crippen LogP contribution in [0, 0.1) is 12.8 Å². The molecule has 0 bridgehead atoms. The van der Waals surface area contributed by atoms with Crippen molar-refractivity contribution in [3.05, 3.63) is 77.3 Å². The van der Waals surface area contributed by atoms with Crippen molar-refractivity contribution in [3.8, 4) is 5.75 Å². The first-order valence-corrected chi connectivity index (χ1v) is 15.1. The van der Waals surface area contributed by atoms with E-state index in [1.54, 1.807) is 37.3 Å². The van der Waals surface area contributed by atoms with Gasteiger partial charge in [0.2, 0.25) is 15.9 Å². The number of nitrogens with zero attached hydrogens (tertiary/aromatic N) is 1. The van der Waals surface area contributed by atoms with Crippen molar-refractivity contribution in [2.24, 2.45) is 5.92 Å². The number of nitrogens with one attached hydrogen (secondary N) is 2. The summed E-state index contributed by atoms with van der Waals surface area (Å²) in [6, 6.07) is 16.8. The van der Waals surface area contributed by atoms with Gasteiger partial charge in [0.05, 0.1) is 28.5 Å². The van der Waals surface area contributed by atoms with E-state index >= 15 is 0 Å². The van der Waals surface area contributed by atoms with Crippen LogP contribution in [0.1, 0.15) is 18.4 Å². The number of amides is 1. The van der Waals surface area contributed by atoms with Gasteiger partial charge < -0.3 is 10.1 Å². The van der Waals surface area contributed by atoms with Crippen LogP contribution < -0.4 is 14.8 Å². The standard InChI is InChI=1S/C26H28ClN3O6S2/c1-18-24(27)6-3-7-25(18)29-37(32,33)22-12-8-20(9-13-22)28-26(31)19-5-4-16-30(17-19)38(34,35)23-14-10-21(36-2)11-15-23/h3,6-15,19,29H,4-5,16-17H2,1-2H3,(H,28,31). The van der Waals surface area contributed by atoms with Crippen LogP contribution in [0.25, 0.3) is 0 Å². The number of hydrogen-bond acceptors (Lipinski definition) is 6. The van der Waals surface area contributed by atoms with Crippen LogP contribution >= 0.6 is 11.6 Å². The van der Waals surface area contributed by atoms with Crippen molar-refractivity contribution in [1.82, 2.24) is 4.31 Å². The molecule has 202 valence electrons. The van der Waals surface area contributed by atoms with Gasteiger partial charge >= 0.3 is 0 Å². The Morgan fingerprint density at radius 2 is 1.63 bits per heavy atom. The summed E-state index contributed by atoms with van der Waals surface area (Å²) in [5, 5.41) is 3.22. The van der Waals surface area contributed by atoms with Gasteiger partial charge in [0, 0.05) is 23.8 Å². The first kappa shape index (κ1) is 27.9. The van der Waals surface area contributed by atoms with Crippen LogP contribution in [0.4, 0.5) is 11.4 Å². The van der Waals surface area contributed by atoms with Gasteiger partial charge in [0.15, 0.2) is 0 Å². The normalized spacial score (nSPS) is 16.6. The lowest BCUT2D eigenvalue weighted by Gasteiger charge is -2.31. The molecule has 0 spiro atoms. The number of methoxy groups -OCH3 is 1. The maximum absolute atomic E-state index is 13.1. The monoisotopic (exact) mass is 577 g/mol. The predicted molar refractivity (Wildman–Crippen MR) is 147 cm³/mol. The highest BCUT2D eigenvalue weighted by Gasteiger charge is 2.33. The molecule has 0 aliphatic carbocycles. The topological polar surface area (TPSA) is 122 Å². The van der Waals surface area contributed by atoms with Crippen molar-refractivity contribution < 1.29 is 26.4 Å². The minimum Gasteiger partial charge on any atom is -0.497 e. The smallest absolute Gasteiger partial charge is 0.261 e. The Bertz CT molecular complexity index is 1530. The molecule has 1 atom stereocenters. The molecular formula is C26H28ClN3O6S2. The quantitative estimate of drug-likeness (QED) is 0.406. The Kier molecular flexibility index (Phi) is 8.31. The van der Waals surface area contributed by atoms with Crippen molar-refractivity contribution in [1.29, 1.82) is 0 Å². The zero-order chi connectivity index (χ0) is 27.5. The Balaban J connectivity index is 1.41. The van der Waals surface area contributed by atoms with E-state index in [4.69, 9.17) is 16.3 Å². The lowest BCUT2D eigenvalue weighted by Crippen LogP contribution is -2.43. The average Bonchev–Trinajstić information content (AvgIpc) is 2.91. The number of rotatable bonds is 8. The van der Waals surface area contributed by atoms with Crippen molar-refractivity contribution in [3.63, 3.8) is 0 Å². The molecule has 3 aromatic rings. The second kappa shape index (κ2) is 11.3. The number of halogens is 1. The molecule has 0 radical (unpaired) electrons. The van der Waals surface area contributed by atoms with Crippen LogP contribution in [0.5, 0.6) is 5.75 Å². The fourth-order valence-electron chi connectivity index (χ4n) is 4.15. The number of hydrogen-bond donors (Lipinski definition) is 2. The molecule has 1 unspecified atom stereocenters. The van der Waals surface area contributed by atoms with Gasteiger partial charge in [-0.1, -0.05) is 17.7 Å². The average molecular weight is 578 g/mol. The maximum Gasteiger partial charge on any atom is 0.261 e. The predicted octanol–water partition coefficient (Wildman–Crippen LogP) is 4.50. The van der Waals surface area contributed by atoms with E-state index in [0.29, 0.717) is 47.1 Å². The van der Waals surface area contributed by atoms with Gasteiger partial charge in [-0.05, 0) is 86.0 Å². The maximum atomic E-state index is 13.1. The highest BCUT2D eigenvalue weighted by atomic mass is 35.5. The summed E-state index contributed by atoms with van der Waals surface area (Å²) in [5.41, 5.74) is 1.39. The van der Waals surface area contributed by atoms with E-state index in [-0.39, 0.29) is 22.2 Å². The third-order valence-electron chi connectivity index (χ3n) is 6.40. The molecule has 1 amide bonds. The number of ether oxygens (including phenoxy) is 1. The van der Waals surface area contributed by atoms with Gasteiger partial charge in [-0.2, -0.15) is 4.31 Å². The first-order chi connectivity index (χ1) is 18.0. The molecule has 12 heteroatoms. The molecule has 4 rings (SSSR count). The lowest BCUT2D eigenvalue weighted by atomic mass is 9.99.